The second-order valence-corrected chi connectivity index (χ2v) is 4.53. The molecular weight excluding hydrogens is 252 g/mol. The van der Waals surface area contributed by atoms with Gasteiger partial charge >= 0.3 is 0 Å². The number of nitrogens with two attached hydrogens (primary N) is 1. The predicted octanol–water partition coefficient (Wildman–Crippen LogP) is 2.32. The maximum atomic E-state index is 12.2. The van der Waals surface area contributed by atoms with E-state index in [0.717, 1.165) is 11.3 Å². The van der Waals surface area contributed by atoms with Crippen molar-refractivity contribution in [1.82, 2.24) is 4.57 Å². The first-order chi connectivity index (χ1) is 9.67. The molecule has 1 aromatic carbocycles. The molecule has 0 fully saturated rings. The van der Waals surface area contributed by atoms with Gasteiger partial charge in [0, 0.05) is 18.3 Å². The van der Waals surface area contributed by atoms with E-state index in [9.17, 15) is 4.79 Å². The van der Waals surface area contributed by atoms with Gasteiger partial charge in [-0.15, -0.1) is 0 Å². The van der Waals surface area contributed by atoms with Crippen molar-refractivity contribution in [2.75, 3.05) is 6.61 Å². The lowest BCUT2D eigenvalue weighted by atomic mass is 10.0. The Morgan fingerprint density at radius 3 is 2.50 bits per heavy atom. The van der Waals surface area contributed by atoms with Crippen LogP contribution < -0.4 is 16.0 Å². The Labute approximate surface area is 118 Å². The summed E-state index contributed by atoms with van der Waals surface area (Å²) >= 11 is 0. The van der Waals surface area contributed by atoms with Crippen molar-refractivity contribution in [3.05, 3.63) is 64.1 Å². The van der Waals surface area contributed by atoms with E-state index < -0.39 is 6.04 Å². The lowest BCUT2D eigenvalue weighted by Gasteiger charge is -2.14. The smallest absolute Gasteiger partial charge is 0.255 e. The topological polar surface area (TPSA) is 57.2 Å². The molecule has 106 valence electrons. The molecule has 0 amide bonds. The van der Waals surface area contributed by atoms with Crippen molar-refractivity contribution >= 4 is 0 Å². The Morgan fingerprint density at radius 2 is 1.90 bits per heavy atom. The largest absolute Gasteiger partial charge is 0.494 e. The van der Waals surface area contributed by atoms with E-state index in [-0.39, 0.29) is 5.56 Å². The van der Waals surface area contributed by atoms with Gasteiger partial charge in [-0.1, -0.05) is 18.2 Å². The molecule has 1 aromatic heterocycles. The number of ether oxygens (including phenoxy) is 1. The molecule has 0 aliphatic rings. The van der Waals surface area contributed by atoms with E-state index in [0.29, 0.717) is 18.7 Å². The maximum Gasteiger partial charge on any atom is 0.255 e. The van der Waals surface area contributed by atoms with Crippen molar-refractivity contribution in [3.63, 3.8) is 0 Å². The van der Waals surface area contributed by atoms with Crippen molar-refractivity contribution in [2.24, 2.45) is 5.73 Å². The van der Waals surface area contributed by atoms with Crippen LogP contribution in [0.15, 0.2) is 47.4 Å². The molecule has 1 atom stereocenters. The van der Waals surface area contributed by atoms with E-state index in [1.165, 1.54) is 0 Å². The molecule has 2 aromatic rings. The average Bonchev–Trinajstić information content (AvgIpc) is 2.48. The van der Waals surface area contributed by atoms with Crippen LogP contribution in [0.25, 0.3) is 0 Å². The van der Waals surface area contributed by atoms with E-state index in [2.05, 4.69) is 0 Å². The molecular formula is C16H20N2O2. The first-order valence-electron chi connectivity index (χ1n) is 6.85. The SMILES string of the molecule is CCOc1ccc(C(N)c2cccn(CC)c2=O)cc1. The summed E-state index contributed by atoms with van der Waals surface area (Å²) in [5.74, 6) is 0.808. The van der Waals surface area contributed by atoms with Crippen molar-refractivity contribution < 1.29 is 4.74 Å². The predicted molar refractivity (Wildman–Crippen MR) is 80.0 cm³/mol. The number of rotatable bonds is 5. The molecule has 2 rings (SSSR count). The van der Waals surface area contributed by atoms with Crippen LogP contribution >= 0.6 is 0 Å². The zero-order valence-electron chi connectivity index (χ0n) is 11.9. The Bertz CT molecular complexity index is 617. The standard InChI is InChI=1S/C16H20N2O2/c1-3-18-11-5-6-14(16(18)19)15(17)12-7-9-13(10-8-12)20-4-2/h5-11,15H,3-4,17H2,1-2H3. The van der Waals surface area contributed by atoms with Crippen molar-refractivity contribution in [2.45, 2.75) is 26.4 Å². The summed E-state index contributed by atoms with van der Waals surface area (Å²) in [4.78, 5) is 12.2. The van der Waals surface area contributed by atoms with Crippen LogP contribution in [-0.2, 0) is 6.54 Å². The second kappa shape index (κ2) is 6.39. The highest BCUT2D eigenvalue weighted by Gasteiger charge is 2.13. The van der Waals surface area contributed by atoms with Crippen LogP contribution in [0.4, 0.5) is 0 Å². The number of benzene rings is 1. The third kappa shape index (κ3) is 2.91. The minimum absolute atomic E-state index is 0.0311. The maximum absolute atomic E-state index is 12.2. The summed E-state index contributed by atoms with van der Waals surface area (Å²) < 4.78 is 7.06. The minimum Gasteiger partial charge on any atom is -0.494 e. The van der Waals surface area contributed by atoms with Crippen LogP contribution in [0.2, 0.25) is 0 Å². The number of aromatic nitrogens is 1. The van der Waals surface area contributed by atoms with E-state index in [1.807, 2.05) is 44.2 Å². The van der Waals surface area contributed by atoms with Crippen molar-refractivity contribution in [1.29, 1.82) is 0 Å². The molecule has 0 radical (unpaired) electrons. The fraction of sp³-hybridized carbons (Fsp3) is 0.312. The first-order valence-corrected chi connectivity index (χ1v) is 6.85. The third-order valence-corrected chi connectivity index (χ3v) is 3.28. The normalized spacial score (nSPS) is 12.2. The van der Waals surface area contributed by atoms with Gasteiger partial charge in [-0.05, 0) is 37.6 Å². The quantitative estimate of drug-likeness (QED) is 0.908. The second-order valence-electron chi connectivity index (χ2n) is 4.53. The van der Waals surface area contributed by atoms with Gasteiger partial charge < -0.3 is 15.0 Å². The zero-order valence-corrected chi connectivity index (χ0v) is 11.9. The highest BCUT2D eigenvalue weighted by atomic mass is 16.5. The van der Waals surface area contributed by atoms with Gasteiger partial charge in [0.2, 0.25) is 0 Å². The molecule has 0 aliphatic heterocycles. The Hall–Kier alpha value is -2.07. The minimum atomic E-state index is -0.419. The van der Waals surface area contributed by atoms with Crippen LogP contribution in [0, 0.1) is 0 Å². The van der Waals surface area contributed by atoms with E-state index in [4.69, 9.17) is 10.5 Å². The summed E-state index contributed by atoms with van der Waals surface area (Å²) in [7, 11) is 0. The molecule has 0 saturated carbocycles. The molecule has 1 unspecified atom stereocenters. The molecule has 0 saturated heterocycles. The molecule has 20 heavy (non-hydrogen) atoms. The Kier molecular flexibility index (Phi) is 4.58. The van der Waals surface area contributed by atoms with Crippen LogP contribution in [0.3, 0.4) is 0 Å². The lowest BCUT2D eigenvalue weighted by Crippen LogP contribution is -2.27. The van der Waals surface area contributed by atoms with Gasteiger partial charge in [0.25, 0.3) is 5.56 Å². The number of aryl methyl sites for hydroxylation is 1. The average molecular weight is 272 g/mol. The van der Waals surface area contributed by atoms with Gasteiger partial charge in [0.05, 0.1) is 12.6 Å². The summed E-state index contributed by atoms with van der Waals surface area (Å²) in [5, 5.41) is 0. The number of hydrogen-bond acceptors (Lipinski definition) is 3. The molecule has 0 spiro atoms. The van der Waals surface area contributed by atoms with E-state index >= 15 is 0 Å². The summed E-state index contributed by atoms with van der Waals surface area (Å²) in [6, 6.07) is 10.8. The first kappa shape index (κ1) is 14.3. The monoisotopic (exact) mass is 272 g/mol. The summed E-state index contributed by atoms with van der Waals surface area (Å²) in [6.45, 7) is 5.15. The molecule has 1 heterocycles. The summed E-state index contributed by atoms with van der Waals surface area (Å²) in [6.07, 6.45) is 1.77. The highest BCUT2D eigenvalue weighted by Crippen LogP contribution is 2.20. The molecule has 4 nitrogen and oxygen atoms in total. The van der Waals surface area contributed by atoms with Gasteiger partial charge in [-0.2, -0.15) is 0 Å². The lowest BCUT2D eigenvalue weighted by molar-refractivity contribution is 0.340. The van der Waals surface area contributed by atoms with E-state index in [1.54, 1.807) is 16.8 Å². The van der Waals surface area contributed by atoms with Crippen molar-refractivity contribution in [3.8, 4) is 5.75 Å². The van der Waals surface area contributed by atoms with Gasteiger partial charge in [0.1, 0.15) is 5.75 Å². The van der Waals surface area contributed by atoms with Crippen LogP contribution in [-0.4, -0.2) is 11.2 Å². The van der Waals surface area contributed by atoms with Crippen LogP contribution in [0.5, 0.6) is 5.75 Å². The fourth-order valence-corrected chi connectivity index (χ4v) is 2.16. The van der Waals surface area contributed by atoms with Gasteiger partial charge in [-0.3, -0.25) is 4.79 Å². The molecule has 0 bridgehead atoms. The van der Waals surface area contributed by atoms with Gasteiger partial charge in [0.15, 0.2) is 0 Å². The summed E-state index contributed by atoms with van der Waals surface area (Å²) in [5.41, 5.74) is 7.69. The fourth-order valence-electron chi connectivity index (χ4n) is 2.16. The van der Waals surface area contributed by atoms with Crippen LogP contribution in [0.1, 0.15) is 31.0 Å². The Balaban J connectivity index is 2.31. The Morgan fingerprint density at radius 1 is 1.20 bits per heavy atom. The number of hydrogen-bond donors (Lipinski definition) is 1. The number of nitrogens with zero attached hydrogens (tertiary/aromatic N) is 1. The number of pyridine rings is 1. The third-order valence-electron chi connectivity index (χ3n) is 3.28. The molecule has 2 N–H and O–H groups in total. The zero-order chi connectivity index (χ0) is 14.5. The highest BCUT2D eigenvalue weighted by molar-refractivity contribution is 5.34. The molecule has 0 aliphatic carbocycles. The van der Waals surface area contributed by atoms with Gasteiger partial charge in [-0.25, -0.2) is 0 Å². The molecule has 4 heteroatoms.